The summed E-state index contributed by atoms with van der Waals surface area (Å²) in [5.74, 6) is -2.05. The van der Waals surface area contributed by atoms with Gasteiger partial charge in [0.2, 0.25) is 15.9 Å². The average Bonchev–Trinajstić information content (AvgIpc) is 3.06. The molecule has 1 saturated carbocycles. The number of nitrogens with two attached hydrogens (primary N) is 1. The lowest BCUT2D eigenvalue weighted by atomic mass is 10.2. The highest BCUT2D eigenvalue weighted by molar-refractivity contribution is 7.89. The van der Waals surface area contributed by atoms with Gasteiger partial charge in [-0.15, -0.1) is 11.3 Å². The number of hydrogen-bond donors (Lipinski definition) is 2. The zero-order valence-electron chi connectivity index (χ0n) is 11.2. The predicted molar refractivity (Wildman–Crippen MR) is 76.6 cm³/mol. The number of sulfonamides is 1. The number of rotatable bonds is 6. The van der Waals surface area contributed by atoms with Crippen LogP contribution in [0.15, 0.2) is 16.3 Å². The van der Waals surface area contributed by atoms with Crippen molar-refractivity contribution in [1.82, 2.24) is 4.31 Å². The third kappa shape index (κ3) is 3.25. The van der Waals surface area contributed by atoms with Crippen LogP contribution in [0.4, 0.5) is 0 Å². The molecule has 0 radical (unpaired) electrons. The molecule has 1 amide bonds. The van der Waals surface area contributed by atoms with E-state index in [0.29, 0.717) is 12.8 Å². The normalized spacial score (nSPS) is 16.4. The minimum atomic E-state index is -4.05. The van der Waals surface area contributed by atoms with Gasteiger partial charge >= 0.3 is 5.97 Å². The molecule has 1 heterocycles. The molecule has 0 atom stereocenters. The molecule has 0 aromatic carbocycles. The van der Waals surface area contributed by atoms with Crippen molar-refractivity contribution in [3.63, 3.8) is 0 Å². The fourth-order valence-corrected chi connectivity index (χ4v) is 5.43. The van der Waals surface area contributed by atoms with Gasteiger partial charge in [-0.25, -0.2) is 13.2 Å². The van der Waals surface area contributed by atoms with E-state index < -0.39 is 28.4 Å². The molecule has 1 aromatic heterocycles. The van der Waals surface area contributed by atoms with Crippen LogP contribution in [-0.2, 0) is 14.8 Å². The number of carbonyl (C=O) groups excluding carboxylic acids is 1. The highest BCUT2D eigenvalue weighted by Crippen LogP contribution is 2.31. The molecule has 0 spiro atoms. The Morgan fingerprint density at radius 1 is 1.38 bits per heavy atom. The number of carboxylic acids is 1. The second-order valence-corrected chi connectivity index (χ2v) is 7.65. The Kier molecular flexibility index (Phi) is 4.64. The van der Waals surface area contributed by atoms with Crippen molar-refractivity contribution in [1.29, 1.82) is 0 Å². The van der Waals surface area contributed by atoms with Crippen molar-refractivity contribution in [3.8, 4) is 0 Å². The molecule has 9 heteroatoms. The summed E-state index contributed by atoms with van der Waals surface area (Å²) in [7, 11) is -4.05. The zero-order valence-corrected chi connectivity index (χ0v) is 12.8. The Balaban J connectivity index is 2.43. The van der Waals surface area contributed by atoms with E-state index in [4.69, 9.17) is 10.8 Å². The van der Waals surface area contributed by atoms with E-state index in [9.17, 15) is 18.0 Å². The number of primary amides is 1. The topological polar surface area (TPSA) is 118 Å². The van der Waals surface area contributed by atoms with E-state index in [1.54, 1.807) is 0 Å². The number of thiophene rings is 1. The maximum absolute atomic E-state index is 12.7. The number of nitrogens with zero attached hydrogens (tertiary/aromatic N) is 1. The average molecular weight is 332 g/mol. The first kappa shape index (κ1) is 15.9. The van der Waals surface area contributed by atoms with Crippen LogP contribution in [0.2, 0.25) is 0 Å². The predicted octanol–water partition coefficient (Wildman–Crippen LogP) is 0.865. The van der Waals surface area contributed by atoms with Crippen molar-refractivity contribution in [2.24, 2.45) is 5.73 Å². The van der Waals surface area contributed by atoms with Gasteiger partial charge in [-0.1, -0.05) is 12.8 Å². The Labute approximate surface area is 126 Å². The molecule has 0 unspecified atom stereocenters. The van der Waals surface area contributed by atoms with Crippen molar-refractivity contribution in [2.75, 3.05) is 6.54 Å². The Morgan fingerprint density at radius 2 is 2.00 bits per heavy atom. The van der Waals surface area contributed by atoms with Gasteiger partial charge in [0.1, 0.15) is 9.77 Å². The maximum Gasteiger partial charge on any atom is 0.347 e. The fourth-order valence-electron chi connectivity index (χ4n) is 2.54. The van der Waals surface area contributed by atoms with Gasteiger partial charge in [0.05, 0.1) is 6.54 Å². The van der Waals surface area contributed by atoms with Crippen LogP contribution in [0.1, 0.15) is 35.4 Å². The summed E-state index contributed by atoms with van der Waals surface area (Å²) in [4.78, 5) is 21.8. The second kappa shape index (κ2) is 6.12. The van der Waals surface area contributed by atoms with E-state index in [0.717, 1.165) is 28.5 Å². The Hall–Kier alpha value is -1.45. The van der Waals surface area contributed by atoms with Crippen LogP contribution < -0.4 is 5.73 Å². The van der Waals surface area contributed by atoms with Gasteiger partial charge in [0, 0.05) is 6.04 Å². The molecule has 2 rings (SSSR count). The van der Waals surface area contributed by atoms with E-state index in [-0.39, 0.29) is 15.8 Å². The number of aromatic carboxylic acids is 1. The molecule has 3 N–H and O–H groups in total. The molecular formula is C12H16N2O5S2. The molecule has 0 aliphatic heterocycles. The summed E-state index contributed by atoms with van der Waals surface area (Å²) in [6.45, 7) is -0.429. The van der Waals surface area contributed by atoms with Crippen LogP contribution in [0, 0.1) is 0 Å². The third-order valence-corrected chi connectivity index (χ3v) is 6.43. The number of carboxylic acid groups (broad SMARTS) is 1. The summed E-state index contributed by atoms with van der Waals surface area (Å²) in [6, 6.07) is 0.955. The third-order valence-electron chi connectivity index (χ3n) is 3.45. The second-order valence-electron chi connectivity index (χ2n) is 4.87. The first-order valence-electron chi connectivity index (χ1n) is 6.45. The zero-order chi connectivity index (χ0) is 15.6. The molecule has 7 nitrogen and oxygen atoms in total. The highest BCUT2D eigenvalue weighted by Gasteiger charge is 2.36. The smallest absolute Gasteiger partial charge is 0.347 e. The molecule has 0 bridgehead atoms. The van der Waals surface area contributed by atoms with Crippen molar-refractivity contribution >= 4 is 33.2 Å². The minimum Gasteiger partial charge on any atom is -0.477 e. The summed E-state index contributed by atoms with van der Waals surface area (Å²) >= 11 is 0.842. The number of hydrogen-bond acceptors (Lipinski definition) is 5. The Bertz CT molecular complexity index is 646. The maximum atomic E-state index is 12.7. The first-order valence-corrected chi connectivity index (χ1v) is 8.77. The lowest BCUT2D eigenvalue weighted by Crippen LogP contribution is -2.44. The molecule has 0 saturated heterocycles. The van der Waals surface area contributed by atoms with E-state index in [2.05, 4.69) is 0 Å². The van der Waals surface area contributed by atoms with Gasteiger partial charge in [-0.2, -0.15) is 4.31 Å². The van der Waals surface area contributed by atoms with Crippen LogP contribution in [0.25, 0.3) is 0 Å². The summed E-state index contributed by atoms with van der Waals surface area (Å²) in [6.07, 6.45) is 3.06. The quantitative estimate of drug-likeness (QED) is 0.801. The highest BCUT2D eigenvalue weighted by atomic mass is 32.2. The summed E-state index contributed by atoms with van der Waals surface area (Å²) < 4.78 is 26.5. The standard InChI is InChI=1S/C12H16N2O5S2/c13-10(15)7-14(8-3-1-2-4-8)21(18,19)9-5-6-20-11(9)12(16)17/h5-6,8H,1-4,7H2,(H2,13,15)(H,16,17). The molecule has 116 valence electrons. The van der Waals surface area contributed by atoms with E-state index >= 15 is 0 Å². The van der Waals surface area contributed by atoms with Gasteiger partial charge < -0.3 is 10.8 Å². The first-order chi connectivity index (χ1) is 9.84. The van der Waals surface area contributed by atoms with Crippen molar-refractivity contribution < 1.29 is 23.1 Å². The SMILES string of the molecule is NC(=O)CN(C1CCCC1)S(=O)(=O)c1ccsc1C(=O)O. The van der Waals surface area contributed by atoms with Crippen LogP contribution in [0.3, 0.4) is 0 Å². The van der Waals surface area contributed by atoms with Crippen LogP contribution in [-0.4, -0.2) is 42.3 Å². The van der Waals surface area contributed by atoms with Crippen molar-refractivity contribution in [3.05, 3.63) is 16.3 Å². The summed E-state index contributed by atoms with van der Waals surface area (Å²) in [5.41, 5.74) is 5.15. The number of amides is 1. The monoisotopic (exact) mass is 332 g/mol. The fraction of sp³-hybridized carbons (Fsp3) is 0.500. The van der Waals surface area contributed by atoms with E-state index in [1.165, 1.54) is 11.4 Å². The molecular weight excluding hydrogens is 316 g/mol. The molecule has 1 fully saturated rings. The summed E-state index contributed by atoms with van der Waals surface area (Å²) in [5, 5.41) is 10.5. The minimum absolute atomic E-state index is 0.248. The molecule has 21 heavy (non-hydrogen) atoms. The van der Waals surface area contributed by atoms with Crippen LogP contribution in [0.5, 0.6) is 0 Å². The molecule has 1 aliphatic rings. The number of carbonyl (C=O) groups is 2. The van der Waals surface area contributed by atoms with Gasteiger partial charge in [0.25, 0.3) is 0 Å². The van der Waals surface area contributed by atoms with Crippen LogP contribution >= 0.6 is 11.3 Å². The van der Waals surface area contributed by atoms with Gasteiger partial charge in [-0.05, 0) is 24.3 Å². The van der Waals surface area contributed by atoms with Crippen molar-refractivity contribution in [2.45, 2.75) is 36.6 Å². The largest absolute Gasteiger partial charge is 0.477 e. The van der Waals surface area contributed by atoms with E-state index in [1.807, 2.05) is 0 Å². The molecule has 1 aromatic rings. The Morgan fingerprint density at radius 3 is 2.52 bits per heavy atom. The lowest BCUT2D eigenvalue weighted by molar-refractivity contribution is -0.118. The van der Waals surface area contributed by atoms with Gasteiger partial charge in [0.15, 0.2) is 0 Å². The van der Waals surface area contributed by atoms with Gasteiger partial charge in [-0.3, -0.25) is 4.79 Å². The molecule has 1 aliphatic carbocycles. The lowest BCUT2D eigenvalue weighted by Gasteiger charge is -2.26.